The van der Waals surface area contributed by atoms with Crippen LogP contribution in [0.3, 0.4) is 0 Å². The summed E-state index contributed by atoms with van der Waals surface area (Å²) in [5, 5.41) is 12.3. The highest BCUT2D eigenvalue weighted by atomic mass is 32.2. The van der Waals surface area contributed by atoms with E-state index in [1.165, 1.54) is 18.2 Å². The van der Waals surface area contributed by atoms with E-state index < -0.39 is 10.1 Å². The van der Waals surface area contributed by atoms with Gasteiger partial charge in [-0.2, -0.15) is 8.42 Å². The fraction of sp³-hybridized carbons (Fsp3) is 0. The lowest BCUT2D eigenvalue weighted by atomic mass is 10.1. The van der Waals surface area contributed by atoms with E-state index in [2.05, 4.69) is 9.37 Å². The van der Waals surface area contributed by atoms with Crippen LogP contribution in [0.2, 0.25) is 0 Å². The first-order valence-electron chi connectivity index (χ1n) is 4.87. The summed E-state index contributed by atoms with van der Waals surface area (Å²) < 4.78 is 36.2. The van der Waals surface area contributed by atoms with Crippen LogP contribution in [0.5, 0.6) is 0 Å². The molecule has 0 spiro atoms. The molecule has 0 amide bonds. The van der Waals surface area contributed by atoms with Crippen LogP contribution >= 0.6 is 12.0 Å². The molecule has 0 heterocycles. The second-order valence-electron chi connectivity index (χ2n) is 3.60. The topological polar surface area (TPSA) is 119 Å². The number of hydrogen-bond acceptors (Lipinski definition) is 7. The van der Waals surface area contributed by atoms with Gasteiger partial charge in [-0.05, 0) is 29.7 Å². The highest BCUT2D eigenvalue weighted by molar-refractivity contribution is 7.94. The molecule has 0 saturated carbocycles. The molecule has 102 valence electrons. The molecule has 0 unspecified atom stereocenters. The Morgan fingerprint density at radius 3 is 2.58 bits per heavy atom. The Hall–Kier alpha value is -1.36. The molecule has 4 N–H and O–H groups in total. The molecular weight excluding hydrogens is 294 g/mol. The van der Waals surface area contributed by atoms with Crippen molar-refractivity contribution in [3.63, 3.8) is 0 Å². The van der Waals surface area contributed by atoms with Crippen molar-refractivity contribution in [1.29, 1.82) is 0 Å². The van der Waals surface area contributed by atoms with Gasteiger partial charge in [0.2, 0.25) is 0 Å². The van der Waals surface area contributed by atoms with E-state index in [-0.39, 0.29) is 4.90 Å². The number of anilines is 1. The van der Waals surface area contributed by atoms with Crippen molar-refractivity contribution < 1.29 is 27.6 Å². The summed E-state index contributed by atoms with van der Waals surface area (Å²) in [7, 11) is -4.40. The Bertz CT molecular complexity index is 715. The van der Waals surface area contributed by atoms with E-state index in [0.29, 0.717) is 33.4 Å². The molecule has 0 radical (unpaired) electrons. The van der Waals surface area contributed by atoms with Gasteiger partial charge in [-0.25, -0.2) is 5.26 Å². The third kappa shape index (κ3) is 3.15. The zero-order valence-corrected chi connectivity index (χ0v) is 10.9. The van der Waals surface area contributed by atoms with E-state index in [1.54, 1.807) is 12.1 Å². The largest absolute Gasteiger partial charge is 0.399 e. The maximum atomic E-state index is 11.4. The van der Waals surface area contributed by atoms with E-state index in [1.807, 2.05) is 0 Å². The first kappa shape index (κ1) is 14.1. The maximum absolute atomic E-state index is 11.4. The summed E-state index contributed by atoms with van der Waals surface area (Å²) in [6.45, 7) is 0. The maximum Gasteiger partial charge on any atom is 0.295 e. The summed E-state index contributed by atoms with van der Waals surface area (Å²) in [6.07, 6.45) is 0. The highest BCUT2D eigenvalue weighted by Gasteiger charge is 2.16. The quantitative estimate of drug-likeness (QED) is 0.258. The average molecular weight is 303 g/mol. The van der Waals surface area contributed by atoms with Crippen LogP contribution in [-0.4, -0.2) is 18.2 Å². The predicted molar refractivity (Wildman–Crippen MR) is 68.8 cm³/mol. The van der Waals surface area contributed by atoms with Gasteiger partial charge in [0.25, 0.3) is 10.1 Å². The molecule has 0 bridgehead atoms. The van der Waals surface area contributed by atoms with Gasteiger partial charge in [0.05, 0.1) is 12.0 Å². The van der Waals surface area contributed by atoms with E-state index in [9.17, 15) is 13.0 Å². The van der Waals surface area contributed by atoms with Gasteiger partial charge in [-0.3, -0.25) is 4.55 Å². The molecule has 2 aromatic carbocycles. The van der Waals surface area contributed by atoms with Crippen molar-refractivity contribution >= 4 is 38.6 Å². The molecule has 7 nitrogen and oxygen atoms in total. The van der Waals surface area contributed by atoms with Crippen LogP contribution in [0.4, 0.5) is 5.69 Å². The molecule has 2 rings (SSSR count). The second kappa shape index (κ2) is 5.33. The van der Waals surface area contributed by atoms with Gasteiger partial charge in [0.1, 0.15) is 4.90 Å². The summed E-state index contributed by atoms with van der Waals surface area (Å²) in [4.78, 5) is 0.0221. The lowest BCUT2D eigenvalue weighted by Crippen LogP contribution is -2.00. The Labute approximate surface area is 112 Å². The lowest BCUT2D eigenvalue weighted by molar-refractivity contribution is -0.432. The molecule has 0 aromatic heterocycles. The van der Waals surface area contributed by atoms with E-state index in [4.69, 9.17) is 11.0 Å². The second-order valence-corrected chi connectivity index (χ2v) is 5.77. The lowest BCUT2D eigenvalue weighted by Gasteiger charge is -2.07. The Balaban J connectivity index is 2.69. The minimum atomic E-state index is -4.40. The van der Waals surface area contributed by atoms with Gasteiger partial charge in [0.15, 0.2) is 0 Å². The monoisotopic (exact) mass is 303 g/mol. The van der Waals surface area contributed by atoms with Crippen LogP contribution in [0.15, 0.2) is 40.1 Å². The zero-order chi connectivity index (χ0) is 14.0. The number of rotatable bonds is 4. The number of fused-ring (bicyclic) bond motifs is 1. The minimum Gasteiger partial charge on any atom is -0.399 e. The fourth-order valence-electron chi connectivity index (χ4n) is 1.64. The molecule has 0 fully saturated rings. The minimum absolute atomic E-state index is 0.283. The normalized spacial score (nSPS) is 11.9. The van der Waals surface area contributed by atoms with Crippen LogP contribution in [0.25, 0.3) is 10.8 Å². The van der Waals surface area contributed by atoms with Crippen LogP contribution in [-0.2, 0) is 19.5 Å². The zero-order valence-electron chi connectivity index (χ0n) is 9.31. The average Bonchev–Trinajstić information content (AvgIpc) is 2.33. The van der Waals surface area contributed by atoms with Gasteiger partial charge in [-0.15, -0.1) is 4.33 Å². The standard InChI is InChI=1S/C10H9NO6S2/c11-7-1-2-9-6(3-7)4-8(18-17-16-12)5-10(9)19(13,14)15/h1-5,12H,11H2,(H,13,14,15). The van der Waals surface area contributed by atoms with Crippen LogP contribution < -0.4 is 5.73 Å². The van der Waals surface area contributed by atoms with Crippen molar-refractivity contribution in [2.45, 2.75) is 9.79 Å². The third-order valence-electron chi connectivity index (χ3n) is 2.35. The number of hydrogen-bond donors (Lipinski definition) is 3. The molecular formula is C10H9NO6S2. The van der Waals surface area contributed by atoms with Crippen LogP contribution in [0, 0.1) is 0 Å². The molecule has 0 aliphatic heterocycles. The van der Waals surface area contributed by atoms with Gasteiger partial charge >= 0.3 is 0 Å². The Morgan fingerprint density at radius 2 is 1.95 bits per heavy atom. The summed E-state index contributed by atoms with van der Waals surface area (Å²) >= 11 is 0.583. The van der Waals surface area contributed by atoms with E-state index in [0.717, 1.165) is 0 Å². The van der Waals surface area contributed by atoms with Gasteiger partial charge in [-0.1, -0.05) is 11.1 Å². The van der Waals surface area contributed by atoms with E-state index >= 15 is 0 Å². The smallest absolute Gasteiger partial charge is 0.295 e. The molecule has 2 aromatic rings. The number of nitrogens with two attached hydrogens (primary N) is 1. The van der Waals surface area contributed by atoms with Crippen molar-refractivity contribution in [3.05, 3.63) is 30.3 Å². The van der Waals surface area contributed by atoms with Crippen LogP contribution in [0.1, 0.15) is 0 Å². The van der Waals surface area contributed by atoms with Crippen molar-refractivity contribution in [2.24, 2.45) is 0 Å². The van der Waals surface area contributed by atoms with Crippen molar-refractivity contribution in [1.82, 2.24) is 0 Å². The predicted octanol–water partition coefficient (Wildman–Crippen LogP) is 2.10. The van der Waals surface area contributed by atoms with Gasteiger partial charge < -0.3 is 5.73 Å². The summed E-state index contributed by atoms with van der Waals surface area (Å²) in [5.41, 5.74) is 6.06. The molecule has 0 aliphatic carbocycles. The highest BCUT2D eigenvalue weighted by Crippen LogP contribution is 2.31. The fourth-order valence-corrected chi connectivity index (χ4v) is 2.91. The Morgan fingerprint density at radius 1 is 1.21 bits per heavy atom. The van der Waals surface area contributed by atoms with Gasteiger partial charge in [0, 0.05) is 16.0 Å². The Kier molecular flexibility index (Phi) is 3.94. The molecule has 0 aliphatic rings. The molecule has 19 heavy (non-hydrogen) atoms. The summed E-state index contributed by atoms with van der Waals surface area (Å²) in [5.74, 6) is 0. The molecule has 0 atom stereocenters. The number of nitrogen functional groups attached to an aromatic ring is 1. The number of benzene rings is 2. The summed E-state index contributed by atoms with van der Waals surface area (Å²) in [6, 6.07) is 7.33. The van der Waals surface area contributed by atoms with Crippen molar-refractivity contribution in [2.75, 3.05) is 5.73 Å². The first-order valence-corrected chi connectivity index (χ1v) is 7.05. The first-order chi connectivity index (χ1) is 8.91. The molecule has 9 heteroatoms. The SMILES string of the molecule is Nc1ccc2c(S(=O)(=O)O)cc(SOOO)cc2c1. The van der Waals surface area contributed by atoms with Crippen molar-refractivity contribution in [3.8, 4) is 0 Å². The molecule has 0 saturated heterocycles. The third-order valence-corrected chi connectivity index (χ3v) is 3.80.